The normalized spacial score (nSPS) is 19.1. The first-order valence-electron chi connectivity index (χ1n) is 3.36. The molecule has 0 bridgehead atoms. The number of halogens is 5. The topological polar surface area (TPSA) is 20.2 Å². The molecule has 0 aliphatic carbocycles. The van der Waals surface area contributed by atoms with Crippen molar-refractivity contribution < 1.29 is 18.3 Å². The number of aliphatic hydroxyl groups excluding tert-OH is 1. The number of aliphatic hydroxyl groups is 1. The highest BCUT2D eigenvalue weighted by Crippen LogP contribution is 2.44. The van der Waals surface area contributed by atoms with Crippen molar-refractivity contribution in [3.05, 3.63) is 11.6 Å². The molecule has 2 unspecified atom stereocenters. The van der Waals surface area contributed by atoms with Crippen molar-refractivity contribution in [1.82, 2.24) is 0 Å². The SMILES string of the molecule is CC(C)=CC(O)C(Cl)(Br)C(F)(F)F. The van der Waals surface area contributed by atoms with Gasteiger partial charge < -0.3 is 5.11 Å². The summed E-state index contributed by atoms with van der Waals surface area (Å²) < 4.78 is 33.7. The largest absolute Gasteiger partial charge is 0.420 e. The smallest absolute Gasteiger partial charge is 0.386 e. The minimum atomic E-state index is -4.71. The minimum Gasteiger partial charge on any atom is -0.386 e. The van der Waals surface area contributed by atoms with Gasteiger partial charge in [0, 0.05) is 0 Å². The standard InChI is InChI=1S/C7H9BrClF3O/c1-4(2)3-5(13)6(8,9)7(10,11)12/h3,5,13H,1-2H3. The Hall–Kier alpha value is 0.260. The van der Waals surface area contributed by atoms with E-state index in [-0.39, 0.29) is 0 Å². The molecule has 0 saturated carbocycles. The predicted molar refractivity (Wildman–Crippen MR) is 49.0 cm³/mol. The lowest BCUT2D eigenvalue weighted by Crippen LogP contribution is -2.43. The van der Waals surface area contributed by atoms with E-state index in [1.54, 1.807) is 13.8 Å². The van der Waals surface area contributed by atoms with Crippen LogP contribution in [0.1, 0.15) is 13.8 Å². The molecule has 2 atom stereocenters. The van der Waals surface area contributed by atoms with Crippen molar-refractivity contribution in [2.45, 2.75) is 29.9 Å². The zero-order chi connectivity index (χ0) is 10.9. The maximum absolute atomic E-state index is 12.2. The summed E-state index contributed by atoms with van der Waals surface area (Å²) >= 11 is 7.35. The number of hydrogen-bond acceptors (Lipinski definition) is 1. The monoisotopic (exact) mass is 280 g/mol. The number of allylic oxidation sites excluding steroid dienone is 1. The molecule has 0 heterocycles. The molecular weight excluding hydrogens is 272 g/mol. The molecule has 0 rings (SSSR count). The molecule has 0 aliphatic rings. The van der Waals surface area contributed by atoms with Crippen LogP contribution in [0, 0.1) is 0 Å². The van der Waals surface area contributed by atoms with Crippen LogP contribution in [0.15, 0.2) is 11.6 Å². The van der Waals surface area contributed by atoms with Gasteiger partial charge in [-0.25, -0.2) is 0 Å². The highest BCUT2D eigenvalue weighted by Gasteiger charge is 2.56. The van der Waals surface area contributed by atoms with E-state index in [0.29, 0.717) is 5.57 Å². The van der Waals surface area contributed by atoms with Crippen LogP contribution < -0.4 is 0 Å². The molecule has 78 valence electrons. The third-order valence-electron chi connectivity index (χ3n) is 1.24. The summed E-state index contributed by atoms with van der Waals surface area (Å²) in [4.78, 5) is 0. The Balaban J connectivity index is 4.75. The van der Waals surface area contributed by atoms with E-state index in [0.717, 1.165) is 6.08 Å². The van der Waals surface area contributed by atoms with E-state index in [1.165, 1.54) is 0 Å². The first kappa shape index (κ1) is 13.3. The van der Waals surface area contributed by atoms with E-state index in [9.17, 15) is 13.2 Å². The molecule has 0 radical (unpaired) electrons. The first-order chi connectivity index (χ1) is 5.59. The van der Waals surface area contributed by atoms with Gasteiger partial charge in [0.2, 0.25) is 3.78 Å². The lowest BCUT2D eigenvalue weighted by Gasteiger charge is -2.26. The van der Waals surface area contributed by atoms with Crippen LogP contribution in [0.3, 0.4) is 0 Å². The summed E-state index contributed by atoms with van der Waals surface area (Å²) in [6, 6.07) is 0. The molecule has 6 heteroatoms. The molecule has 1 N–H and O–H groups in total. The summed E-state index contributed by atoms with van der Waals surface area (Å²) in [5.74, 6) is 0. The summed E-state index contributed by atoms with van der Waals surface area (Å²) in [7, 11) is 0. The van der Waals surface area contributed by atoms with Gasteiger partial charge in [0.05, 0.1) is 0 Å². The second-order valence-electron chi connectivity index (χ2n) is 2.81. The van der Waals surface area contributed by atoms with Crippen LogP contribution in [0.4, 0.5) is 13.2 Å². The Bertz CT molecular complexity index is 208. The van der Waals surface area contributed by atoms with Gasteiger partial charge in [-0.2, -0.15) is 13.2 Å². The average Bonchev–Trinajstić information content (AvgIpc) is 1.82. The maximum Gasteiger partial charge on any atom is 0.420 e. The lowest BCUT2D eigenvalue weighted by molar-refractivity contribution is -0.152. The van der Waals surface area contributed by atoms with Crippen LogP contribution in [-0.4, -0.2) is 21.2 Å². The van der Waals surface area contributed by atoms with E-state index in [4.69, 9.17) is 16.7 Å². The minimum absolute atomic E-state index is 0.557. The fourth-order valence-electron chi connectivity index (χ4n) is 0.588. The lowest BCUT2D eigenvalue weighted by atomic mass is 10.2. The molecule has 0 aromatic heterocycles. The highest BCUT2D eigenvalue weighted by atomic mass is 79.9. The zero-order valence-corrected chi connectivity index (χ0v) is 9.33. The molecule has 0 aromatic carbocycles. The van der Waals surface area contributed by atoms with Gasteiger partial charge >= 0.3 is 6.18 Å². The fraction of sp³-hybridized carbons (Fsp3) is 0.714. The Labute approximate surface area is 87.7 Å². The van der Waals surface area contributed by atoms with E-state index < -0.39 is 16.1 Å². The third kappa shape index (κ3) is 3.48. The molecular formula is C7H9BrClF3O. The van der Waals surface area contributed by atoms with Gasteiger partial charge in [-0.3, -0.25) is 0 Å². The van der Waals surface area contributed by atoms with Crippen LogP contribution in [-0.2, 0) is 0 Å². The Morgan fingerprint density at radius 3 is 2.08 bits per heavy atom. The maximum atomic E-state index is 12.2. The highest BCUT2D eigenvalue weighted by molar-refractivity contribution is 9.10. The van der Waals surface area contributed by atoms with Gasteiger partial charge in [-0.15, -0.1) is 0 Å². The van der Waals surface area contributed by atoms with E-state index in [2.05, 4.69) is 15.9 Å². The second-order valence-corrected chi connectivity index (χ2v) is 5.11. The van der Waals surface area contributed by atoms with Crippen molar-refractivity contribution >= 4 is 27.5 Å². The number of hydrogen-bond donors (Lipinski definition) is 1. The quantitative estimate of drug-likeness (QED) is 0.609. The van der Waals surface area contributed by atoms with Gasteiger partial charge in [0.15, 0.2) is 0 Å². The Kier molecular flexibility index (Phi) is 4.27. The van der Waals surface area contributed by atoms with Crippen molar-refractivity contribution in [3.8, 4) is 0 Å². The number of rotatable bonds is 2. The predicted octanol–water partition coefficient (Wildman–Crippen LogP) is 3.21. The number of alkyl halides is 5. The van der Waals surface area contributed by atoms with E-state index >= 15 is 0 Å². The van der Waals surface area contributed by atoms with Crippen molar-refractivity contribution in [3.63, 3.8) is 0 Å². The summed E-state index contributed by atoms with van der Waals surface area (Å²) in [6.45, 7) is 3.14. The van der Waals surface area contributed by atoms with E-state index in [1.807, 2.05) is 0 Å². The van der Waals surface area contributed by atoms with Gasteiger partial charge in [0.1, 0.15) is 6.10 Å². The Morgan fingerprint density at radius 1 is 1.46 bits per heavy atom. The molecule has 0 spiro atoms. The molecule has 0 aliphatic heterocycles. The van der Waals surface area contributed by atoms with Gasteiger partial charge in [-0.05, 0) is 13.8 Å². The molecule has 0 amide bonds. The fourth-order valence-corrected chi connectivity index (χ4v) is 0.783. The summed E-state index contributed by atoms with van der Waals surface area (Å²) in [6.07, 6.45) is -5.48. The molecule has 0 saturated heterocycles. The average molecular weight is 281 g/mol. The summed E-state index contributed by atoms with van der Waals surface area (Å²) in [5.41, 5.74) is 0.557. The van der Waals surface area contributed by atoms with Crippen LogP contribution in [0.5, 0.6) is 0 Å². The van der Waals surface area contributed by atoms with Gasteiger partial charge in [0.25, 0.3) is 0 Å². The first-order valence-corrected chi connectivity index (χ1v) is 4.53. The van der Waals surface area contributed by atoms with Crippen molar-refractivity contribution in [1.29, 1.82) is 0 Å². The third-order valence-corrected chi connectivity index (χ3v) is 2.60. The Morgan fingerprint density at radius 2 is 1.85 bits per heavy atom. The van der Waals surface area contributed by atoms with Crippen LogP contribution >= 0.6 is 27.5 Å². The van der Waals surface area contributed by atoms with Crippen LogP contribution in [0.25, 0.3) is 0 Å². The second kappa shape index (κ2) is 4.19. The van der Waals surface area contributed by atoms with Crippen molar-refractivity contribution in [2.24, 2.45) is 0 Å². The molecule has 1 nitrogen and oxygen atoms in total. The zero-order valence-electron chi connectivity index (χ0n) is 6.99. The van der Waals surface area contributed by atoms with Crippen molar-refractivity contribution in [2.75, 3.05) is 0 Å². The summed E-state index contributed by atoms with van der Waals surface area (Å²) in [5, 5.41) is 9.11. The molecule has 0 fully saturated rings. The molecule has 13 heavy (non-hydrogen) atoms. The van der Waals surface area contributed by atoms with Gasteiger partial charge in [-0.1, -0.05) is 39.2 Å². The van der Waals surface area contributed by atoms with Crippen LogP contribution in [0.2, 0.25) is 0 Å². The molecule has 0 aromatic rings.